The normalized spacial score (nSPS) is 24.9. The van der Waals surface area contributed by atoms with Gasteiger partial charge in [-0.25, -0.2) is 23.1 Å². The first-order valence-electron chi connectivity index (χ1n) is 11.6. The van der Waals surface area contributed by atoms with Gasteiger partial charge in [-0.2, -0.15) is 4.98 Å². The predicted molar refractivity (Wildman–Crippen MR) is 123 cm³/mol. The molecule has 4 N–H and O–H groups in total. The van der Waals surface area contributed by atoms with Crippen molar-refractivity contribution in [3.8, 4) is 0 Å². The van der Waals surface area contributed by atoms with Crippen molar-refractivity contribution in [2.45, 2.75) is 50.4 Å². The highest BCUT2D eigenvalue weighted by molar-refractivity contribution is 5.78. The fourth-order valence-electron chi connectivity index (χ4n) is 4.77. The molecule has 2 aliphatic rings. The molecule has 0 bridgehead atoms. The van der Waals surface area contributed by atoms with Gasteiger partial charge in [0.1, 0.15) is 29.0 Å². The molecular weight excluding hydrogens is 463 g/mol. The highest BCUT2D eigenvalue weighted by atomic mass is 19.1. The monoisotopic (exact) mass is 489 g/mol. The minimum atomic E-state index is -1.20. The van der Waals surface area contributed by atoms with Gasteiger partial charge in [0.05, 0.1) is 18.8 Å². The molecule has 1 aromatic carbocycles. The quantitative estimate of drug-likeness (QED) is 0.484. The molecular formula is C23H26F3N7O2. The van der Waals surface area contributed by atoms with Crippen LogP contribution in [0.15, 0.2) is 24.4 Å². The third-order valence-corrected chi connectivity index (χ3v) is 6.70. The number of primary amides is 1. The molecule has 9 nitrogen and oxygen atoms in total. The van der Waals surface area contributed by atoms with E-state index in [-0.39, 0.29) is 42.1 Å². The number of benzene rings is 1. The van der Waals surface area contributed by atoms with Gasteiger partial charge in [-0.05, 0) is 44.2 Å². The molecule has 2 fully saturated rings. The van der Waals surface area contributed by atoms with Crippen LogP contribution in [-0.4, -0.2) is 50.9 Å². The van der Waals surface area contributed by atoms with Crippen molar-refractivity contribution in [2.24, 2.45) is 11.7 Å². The molecule has 1 aliphatic carbocycles. The SMILES string of the molecule is NC(=O)[C@H]1CC[C@@H](n2c(Nc3c(F)cccc3F)nc3cnc(N[C@@H]4CCOC[C@@H]4F)nc32)CC1. The zero-order valence-electron chi connectivity index (χ0n) is 18.9. The van der Waals surface area contributed by atoms with Crippen molar-refractivity contribution in [3.63, 3.8) is 0 Å². The molecule has 1 saturated heterocycles. The molecule has 1 aliphatic heterocycles. The highest BCUT2D eigenvalue weighted by Gasteiger charge is 2.30. The van der Waals surface area contributed by atoms with Crippen molar-refractivity contribution in [1.82, 2.24) is 19.5 Å². The number of carbonyl (C=O) groups excluding carboxylic acids is 1. The summed E-state index contributed by atoms with van der Waals surface area (Å²) in [6.07, 6.45) is 3.13. The second kappa shape index (κ2) is 9.68. The maximum absolute atomic E-state index is 14.4. The Labute approximate surface area is 199 Å². The molecule has 186 valence electrons. The fourth-order valence-corrected chi connectivity index (χ4v) is 4.77. The second-order valence-corrected chi connectivity index (χ2v) is 8.97. The number of anilines is 3. The zero-order valence-corrected chi connectivity index (χ0v) is 18.9. The Morgan fingerprint density at radius 3 is 2.54 bits per heavy atom. The maximum Gasteiger partial charge on any atom is 0.225 e. The number of nitrogens with zero attached hydrogens (tertiary/aromatic N) is 4. The van der Waals surface area contributed by atoms with Crippen LogP contribution in [-0.2, 0) is 9.53 Å². The van der Waals surface area contributed by atoms with Crippen LogP contribution < -0.4 is 16.4 Å². The first-order valence-corrected chi connectivity index (χ1v) is 11.6. The fraction of sp³-hybridized carbons (Fsp3) is 0.478. The Bertz CT molecular complexity index is 1210. The van der Waals surface area contributed by atoms with Crippen LogP contribution in [0.25, 0.3) is 11.2 Å². The summed E-state index contributed by atoms with van der Waals surface area (Å²) in [5.41, 5.74) is 6.00. The molecule has 3 heterocycles. The molecule has 35 heavy (non-hydrogen) atoms. The number of alkyl halides is 1. The average molecular weight is 490 g/mol. The molecule has 0 spiro atoms. The number of rotatable bonds is 6. The lowest BCUT2D eigenvalue weighted by Crippen LogP contribution is -2.39. The van der Waals surface area contributed by atoms with E-state index in [1.807, 2.05) is 0 Å². The van der Waals surface area contributed by atoms with E-state index >= 15 is 0 Å². The van der Waals surface area contributed by atoms with E-state index in [4.69, 9.17) is 10.5 Å². The third kappa shape index (κ3) is 4.75. The van der Waals surface area contributed by atoms with Crippen LogP contribution in [0.4, 0.5) is 30.8 Å². The molecule has 2 aromatic heterocycles. The topological polar surface area (TPSA) is 120 Å². The Kier molecular flexibility index (Phi) is 6.46. The lowest BCUT2D eigenvalue weighted by atomic mass is 9.85. The Balaban J connectivity index is 1.52. The van der Waals surface area contributed by atoms with E-state index in [2.05, 4.69) is 25.6 Å². The standard InChI is InChI=1S/C23H26F3N7O2/c24-14-2-1-3-15(25)19(14)31-23-30-18-10-28-22(29-17-8-9-35-11-16(17)26)32-21(18)33(23)13-6-4-12(5-7-13)20(27)34/h1-3,10,12-13,16-17H,4-9,11H2,(H2,27,34)(H,30,31)(H,28,29,32)/t12-,13+,16-,17+/m0/s1. The molecule has 0 unspecified atom stereocenters. The Morgan fingerprint density at radius 2 is 1.86 bits per heavy atom. The van der Waals surface area contributed by atoms with Crippen molar-refractivity contribution < 1.29 is 22.7 Å². The number of para-hydroxylation sites is 1. The smallest absolute Gasteiger partial charge is 0.225 e. The molecule has 1 saturated carbocycles. The van der Waals surface area contributed by atoms with Gasteiger partial charge in [0.25, 0.3) is 0 Å². The van der Waals surface area contributed by atoms with Gasteiger partial charge in [-0.15, -0.1) is 0 Å². The minimum absolute atomic E-state index is 0.00319. The molecule has 0 radical (unpaired) electrons. The second-order valence-electron chi connectivity index (χ2n) is 8.97. The Hall–Kier alpha value is -3.41. The number of imidazole rings is 1. The van der Waals surface area contributed by atoms with E-state index in [1.54, 1.807) is 4.57 Å². The summed E-state index contributed by atoms with van der Waals surface area (Å²) in [6.45, 7) is 0.437. The van der Waals surface area contributed by atoms with Crippen molar-refractivity contribution in [2.75, 3.05) is 23.8 Å². The predicted octanol–water partition coefficient (Wildman–Crippen LogP) is 3.60. The summed E-state index contributed by atoms with van der Waals surface area (Å²) in [7, 11) is 0. The van der Waals surface area contributed by atoms with Crippen LogP contribution in [0, 0.1) is 17.6 Å². The van der Waals surface area contributed by atoms with Gasteiger partial charge < -0.3 is 21.1 Å². The number of ether oxygens (including phenoxy) is 1. The van der Waals surface area contributed by atoms with Crippen molar-refractivity contribution in [1.29, 1.82) is 0 Å². The van der Waals surface area contributed by atoms with E-state index in [9.17, 15) is 18.0 Å². The van der Waals surface area contributed by atoms with Gasteiger partial charge in [-0.3, -0.25) is 9.36 Å². The van der Waals surface area contributed by atoms with E-state index < -0.39 is 23.8 Å². The number of fused-ring (bicyclic) bond motifs is 1. The lowest BCUT2D eigenvalue weighted by molar-refractivity contribution is -0.122. The van der Waals surface area contributed by atoms with Crippen LogP contribution in [0.3, 0.4) is 0 Å². The first-order chi connectivity index (χ1) is 16.9. The summed E-state index contributed by atoms with van der Waals surface area (Å²) < 4.78 is 50.0. The summed E-state index contributed by atoms with van der Waals surface area (Å²) in [6, 6.07) is 2.95. The third-order valence-electron chi connectivity index (χ3n) is 6.70. The number of hydrogen-bond donors (Lipinski definition) is 3. The van der Waals surface area contributed by atoms with Crippen molar-refractivity contribution >= 4 is 34.7 Å². The van der Waals surface area contributed by atoms with Crippen LogP contribution in [0.5, 0.6) is 0 Å². The summed E-state index contributed by atoms with van der Waals surface area (Å²) >= 11 is 0. The van der Waals surface area contributed by atoms with E-state index in [1.165, 1.54) is 12.3 Å². The van der Waals surface area contributed by atoms with E-state index in [0.717, 1.165) is 12.1 Å². The number of halogens is 3. The molecule has 12 heteroatoms. The van der Waals surface area contributed by atoms with Crippen LogP contribution in [0.2, 0.25) is 0 Å². The Morgan fingerprint density at radius 1 is 1.11 bits per heavy atom. The number of amides is 1. The number of hydrogen-bond acceptors (Lipinski definition) is 7. The summed E-state index contributed by atoms with van der Waals surface area (Å²) in [5.74, 6) is -1.65. The minimum Gasteiger partial charge on any atom is -0.378 e. The highest BCUT2D eigenvalue weighted by Crippen LogP contribution is 2.37. The molecule has 1 amide bonds. The van der Waals surface area contributed by atoms with Crippen LogP contribution >= 0.6 is 0 Å². The van der Waals surface area contributed by atoms with Gasteiger partial charge in [0.2, 0.25) is 17.8 Å². The largest absolute Gasteiger partial charge is 0.378 e. The number of nitrogens with one attached hydrogen (secondary N) is 2. The summed E-state index contributed by atoms with van der Waals surface area (Å²) in [4.78, 5) is 25.0. The zero-order chi connectivity index (χ0) is 24.5. The van der Waals surface area contributed by atoms with Crippen molar-refractivity contribution in [3.05, 3.63) is 36.0 Å². The molecule has 2 atom stereocenters. The molecule has 3 aromatic rings. The maximum atomic E-state index is 14.4. The van der Waals surface area contributed by atoms with Crippen LogP contribution in [0.1, 0.15) is 38.1 Å². The average Bonchev–Trinajstić information content (AvgIpc) is 3.20. The van der Waals surface area contributed by atoms with Gasteiger partial charge in [-0.1, -0.05) is 6.07 Å². The van der Waals surface area contributed by atoms with Gasteiger partial charge in [0, 0.05) is 18.6 Å². The van der Waals surface area contributed by atoms with E-state index in [0.29, 0.717) is 49.9 Å². The number of nitrogens with two attached hydrogens (primary N) is 1. The lowest BCUT2D eigenvalue weighted by Gasteiger charge is -2.29. The number of carbonyl (C=O) groups is 1. The molecule has 5 rings (SSSR count). The number of aromatic nitrogens is 4. The first kappa shape index (κ1) is 23.3. The van der Waals surface area contributed by atoms with Gasteiger partial charge in [0.15, 0.2) is 5.65 Å². The van der Waals surface area contributed by atoms with Gasteiger partial charge >= 0.3 is 0 Å². The summed E-state index contributed by atoms with van der Waals surface area (Å²) in [5, 5.41) is 5.82.